The highest BCUT2D eigenvalue weighted by atomic mass is 16.2. The van der Waals surface area contributed by atoms with E-state index in [1.165, 1.54) is 5.56 Å². The Morgan fingerprint density at radius 2 is 1.16 bits per heavy atom. The summed E-state index contributed by atoms with van der Waals surface area (Å²) in [5.41, 5.74) is 5.95. The van der Waals surface area contributed by atoms with Gasteiger partial charge in [-0.3, -0.25) is 9.59 Å². The van der Waals surface area contributed by atoms with Crippen molar-refractivity contribution in [2.75, 3.05) is 26.2 Å². The van der Waals surface area contributed by atoms with Crippen LogP contribution in [0.15, 0.2) is 72.8 Å². The van der Waals surface area contributed by atoms with Crippen molar-refractivity contribution in [3.63, 3.8) is 0 Å². The molecule has 158 valence electrons. The van der Waals surface area contributed by atoms with Gasteiger partial charge in [-0.1, -0.05) is 48.5 Å². The molecule has 0 unspecified atom stereocenters. The highest BCUT2D eigenvalue weighted by Crippen LogP contribution is 2.20. The number of nitrogens with zero attached hydrogens (tertiary/aromatic N) is 2. The second kappa shape index (κ2) is 9.17. The smallest absolute Gasteiger partial charge is 0.253 e. The summed E-state index contributed by atoms with van der Waals surface area (Å²) < 4.78 is 0. The van der Waals surface area contributed by atoms with Crippen LogP contribution in [0, 0.1) is 13.8 Å². The molecule has 1 aliphatic rings. The lowest BCUT2D eigenvalue weighted by Gasteiger charge is -2.22. The van der Waals surface area contributed by atoms with Crippen LogP contribution in [0.3, 0.4) is 0 Å². The van der Waals surface area contributed by atoms with E-state index in [1.807, 2.05) is 84.3 Å². The SMILES string of the molecule is Cc1ccc(C(=O)N2CCCN(C(=O)c3ccc(-c4ccccc4)cc3)CC2)cc1C. The minimum absolute atomic E-state index is 0.0279. The van der Waals surface area contributed by atoms with Gasteiger partial charge in [0.05, 0.1) is 0 Å². The van der Waals surface area contributed by atoms with E-state index in [-0.39, 0.29) is 11.8 Å². The molecule has 0 N–H and O–H groups in total. The third kappa shape index (κ3) is 4.69. The molecule has 31 heavy (non-hydrogen) atoms. The van der Waals surface area contributed by atoms with Crippen molar-refractivity contribution >= 4 is 11.8 Å². The average Bonchev–Trinajstić information content (AvgIpc) is 3.07. The van der Waals surface area contributed by atoms with E-state index in [9.17, 15) is 9.59 Å². The molecule has 1 heterocycles. The number of carbonyl (C=O) groups is 2. The van der Waals surface area contributed by atoms with E-state index in [0.29, 0.717) is 31.7 Å². The first-order valence-corrected chi connectivity index (χ1v) is 10.8. The zero-order chi connectivity index (χ0) is 21.8. The number of carbonyl (C=O) groups excluding carboxylic acids is 2. The number of benzene rings is 3. The molecule has 3 aromatic carbocycles. The Balaban J connectivity index is 1.41. The molecule has 4 rings (SSSR count). The Morgan fingerprint density at radius 1 is 0.613 bits per heavy atom. The van der Waals surface area contributed by atoms with Gasteiger partial charge >= 0.3 is 0 Å². The second-order valence-electron chi connectivity index (χ2n) is 8.18. The molecule has 0 saturated carbocycles. The number of rotatable bonds is 3. The zero-order valence-corrected chi connectivity index (χ0v) is 18.2. The van der Waals surface area contributed by atoms with Crippen LogP contribution in [0.5, 0.6) is 0 Å². The molecule has 0 atom stereocenters. The molecule has 0 bridgehead atoms. The van der Waals surface area contributed by atoms with Crippen LogP contribution in [0.1, 0.15) is 38.3 Å². The van der Waals surface area contributed by atoms with Gasteiger partial charge in [-0.2, -0.15) is 0 Å². The maximum absolute atomic E-state index is 13.1. The Kier molecular flexibility index (Phi) is 6.17. The molecule has 2 amide bonds. The zero-order valence-electron chi connectivity index (χ0n) is 18.2. The van der Waals surface area contributed by atoms with Gasteiger partial charge in [-0.15, -0.1) is 0 Å². The highest BCUT2D eigenvalue weighted by Gasteiger charge is 2.23. The summed E-state index contributed by atoms with van der Waals surface area (Å²) >= 11 is 0. The third-order valence-electron chi connectivity index (χ3n) is 6.06. The van der Waals surface area contributed by atoms with Crippen LogP contribution in [-0.4, -0.2) is 47.8 Å². The quantitative estimate of drug-likeness (QED) is 0.610. The summed E-state index contributed by atoms with van der Waals surface area (Å²) in [7, 11) is 0. The monoisotopic (exact) mass is 412 g/mol. The Labute approximate surface area is 184 Å². The van der Waals surface area contributed by atoms with Crippen LogP contribution < -0.4 is 0 Å². The first kappa shape index (κ1) is 20.9. The molecule has 1 fully saturated rings. The first-order valence-electron chi connectivity index (χ1n) is 10.8. The third-order valence-corrected chi connectivity index (χ3v) is 6.06. The number of aryl methyl sites for hydroxylation is 2. The number of amides is 2. The summed E-state index contributed by atoms with van der Waals surface area (Å²) in [6.07, 6.45) is 0.782. The second-order valence-corrected chi connectivity index (χ2v) is 8.18. The summed E-state index contributed by atoms with van der Waals surface area (Å²) in [5, 5.41) is 0. The maximum Gasteiger partial charge on any atom is 0.253 e. The van der Waals surface area contributed by atoms with Gasteiger partial charge < -0.3 is 9.80 Å². The lowest BCUT2D eigenvalue weighted by atomic mass is 10.0. The molecule has 0 aliphatic carbocycles. The molecule has 0 spiro atoms. The lowest BCUT2D eigenvalue weighted by molar-refractivity contribution is 0.0718. The van der Waals surface area contributed by atoms with Crippen molar-refractivity contribution in [2.24, 2.45) is 0 Å². The summed E-state index contributed by atoms with van der Waals surface area (Å²) in [6, 6.07) is 23.8. The van der Waals surface area contributed by atoms with Crippen LogP contribution in [0.25, 0.3) is 11.1 Å². The predicted octanol–water partition coefficient (Wildman–Crippen LogP) is 4.96. The minimum atomic E-state index is 0.0279. The van der Waals surface area contributed by atoms with Gasteiger partial charge in [0.2, 0.25) is 0 Å². The average molecular weight is 413 g/mol. The van der Waals surface area contributed by atoms with E-state index in [1.54, 1.807) is 0 Å². The van der Waals surface area contributed by atoms with Crippen LogP contribution in [0.4, 0.5) is 0 Å². The van der Waals surface area contributed by atoms with Gasteiger partial charge in [0.15, 0.2) is 0 Å². The van der Waals surface area contributed by atoms with Gasteiger partial charge in [0.25, 0.3) is 11.8 Å². The fourth-order valence-corrected chi connectivity index (χ4v) is 4.00. The van der Waals surface area contributed by atoms with Crippen LogP contribution in [0.2, 0.25) is 0 Å². The fourth-order valence-electron chi connectivity index (χ4n) is 4.00. The van der Waals surface area contributed by atoms with E-state index >= 15 is 0 Å². The van der Waals surface area contributed by atoms with E-state index < -0.39 is 0 Å². The normalized spacial score (nSPS) is 14.3. The van der Waals surface area contributed by atoms with Gasteiger partial charge in [-0.25, -0.2) is 0 Å². The standard InChI is InChI=1S/C27H28N2O2/c1-20-9-10-25(19-21(20)2)27(31)29-16-6-15-28(17-18-29)26(30)24-13-11-23(12-14-24)22-7-4-3-5-8-22/h3-5,7-14,19H,6,15-18H2,1-2H3. The molecular weight excluding hydrogens is 384 g/mol. The van der Waals surface area contributed by atoms with Crippen molar-refractivity contribution in [1.82, 2.24) is 9.80 Å². The van der Waals surface area contributed by atoms with Crippen molar-refractivity contribution in [1.29, 1.82) is 0 Å². The molecule has 0 radical (unpaired) electrons. The molecule has 4 nitrogen and oxygen atoms in total. The molecule has 1 aliphatic heterocycles. The van der Waals surface area contributed by atoms with Gasteiger partial charge in [0, 0.05) is 37.3 Å². The Morgan fingerprint density at radius 3 is 1.77 bits per heavy atom. The Bertz CT molecular complexity index is 1070. The minimum Gasteiger partial charge on any atom is -0.337 e. The predicted molar refractivity (Wildman–Crippen MR) is 124 cm³/mol. The Hall–Kier alpha value is -3.40. The largest absolute Gasteiger partial charge is 0.337 e. The summed E-state index contributed by atoms with van der Waals surface area (Å²) in [6.45, 7) is 6.51. The van der Waals surface area contributed by atoms with E-state index in [2.05, 4.69) is 12.1 Å². The summed E-state index contributed by atoms with van der Waals surface area (Å²) in [5.74, 6) is 0.0738. The fraction of sp³-hybridized carbons (Fsp3) is 0.259. The van der Waals surface area contributed by atoms with Gasteiger partial charge in [-0.05, 0) is 66.8 Å². The molecule has 1 saturated heterocycles. The van der Waals surface area contributed by atoms with Crippen molar-refractivity contribution < 1.29 is 9.59 Å². The van der Waals surface area contributed by atoms with Gasteiger partial charge in [0.1, 0.15) is 0 Å². The lowest BCUT2D eigenvalue weighted by Crippen LogP contribution is -2.37. The molecule has 4 heteroatoms. The van der Waals surface area contributed by atoms with Crippen molar-refractivity contribution in [2.45, 2.75) is 20.3 Å². The topological polar surface area (TPSA) is 40.6 Å². The molecule has 3 aromatic rings. The van der Waals surface area contributed by atoms with E-state index in [0.717, 1.165) is 28.7 Å². The summed E-state index contributed by atoms with van der Waals surface area (Å²) in [4.78, 5) is 29.7. The first-order chi connectivity index (χ1) is 15.0. The highest BCUT2D eigenvalue weighted by molar-refractivity contribution is 5.96. The number of hydrogen-bond donors (Lipinski definition) is 0. The molecular formula is C27H28N2O2. The molecule has 0 aromatic heterocycles. The van der Waals surface area contributed by atoms with Crippen LogP contribution in [-0.2, 0) is 0 Å². The van der Waals surface area contributed by atoms with E-state index in [4.69, 9.17) is 0 Å². The van der Waals surface area contributed by atoms with Crippen molar-refractivity contribution in [3.8, 4) is 11.1 Å². The van der Waals surface area contributed by atoms with Crippen LogP contribution >= 0.6 is 0 Å². The maximum atomic E-state index is 13.1. The number of hydrogen-bond acceptors (Lipinski definition) is 2. The van der Waals surface area contributed by atoms with Crippen molar-refractivity contribution in [3.05, 3.63) is 95.1 Å².